The van der Waals surface area contributed by atoms with Crippen LogP contribution in [0.25, 0.3) is 0 Å². The Hall–Kier alpha value is -2.77. The van der Waals surface area contributed by atoms with E-state index in [1.54, 1.807) is 0 Å². The van der Waals surface area contributed by atoms with Crippen molar-refractivity contribution < 1.29 is 18.3 Å². The number of amides is 1. The molecule has 110 valence electrons. The summed E-state index contributed by atoms with van der Waals surface area (Å²) >= 11 is 0. The van der Waals surface area contributed by atoms with E-state index in [1.807, 2.05) is 0 Å². The number of nitrogens with one attached hydrogen (secondary N) is 1. The minimum Gasteiger partial charge on any atom is -0.435 e. The van der Waals surface area contributed by atoms with Gasteiger partial charge in [0.15, 0.2) is 0 Å². The Morgan fingerprint density at radius 3 is 2.48 bits per heavy atom. The molecule has 1 aromatic carbocycles. The van der Waals surface area contributed by atoms with E-state index in [9.17, 15) is 18.4 Å². The number of aryl methyl sites for hydroxylation is 1. The summed E-state index contributed by atoms with van der Waals surface area (Å²) in [5, 5.41) is 6.32. The van der Waals surface area contributed by atoms with Crippen molar-refractivity contribution in [1.29, 1.82) is 0 Å². The van der Waals surface area contributed by atoms with Crippen molar-refractivity contribution in [3.63, 3.8) is 0 Å². The molecular weight excluding hydrogens is 284 g/mol. The fraction of sp³-hybridized carbons (Fsp3) is 0.154. The van der Waals surface area contributed by atoms with Crippen LogP contribution in [-0.2, 0) is 7.05 Å². The average molecular weight is 295 g/mol. The Morgan fingerprint density at radius 1 is 1.24 bits per heavy atom. The zero-order chi connectivity index (χ0) is 15.4. The second-order valence-electron chi connectivity index (χ2n) is 4.04. The van der Waals surface area contributed by atoms with Crippen LogP contribution in [0.3, 0.4) is 0 Å². The fourth-order valence-corrected chi connectivity index (χ4v) is 1.54. The number of carbonyl (C=O) groups excluding carboxylic acids is 1. The number of carbonyl (C=O) groups is 1. The quantitative estimate of drug-likeness (QED) is 0.930. The summed E-state index contributed by atoms with van der Waals surface area (Å²) in [4.78, 5) is 23.1. The lowest BCUT2D eigenvalue weighted by Gasteiger charge is -2.07. The monoisotopic (exact) mass is 295 g/mol. The maximum atomic E-state index is 12.0. The Balaban J connectivity index is 2.08. The number of hydrogen-bond acceptors (Lipinski definition) is 4. The van der Waals surface area contributed by atoms with Crippen molar-refractivity contribution in [2.24, 2.45) is 7.05 Å². The van der Waals surface area contributed by atoms with Crippen molar-refractivity contribution in [3.05, 3.63) is 52.4 Å². The summed E-state index contributed by atoms with van der Waals surface area (Å²) < 4.78 is 29.2. The lowest BCUT2D eigenvalue weighted by atomic mass is 10.3. The highest BCUT2D eigenvalue weighted by atomic mass is 19.3. The molecule has 1 N–H and O–H groups in total. The highest BCUT2D eigenvalue weighted by Gasteiger charge is 2.09. The Labute approximate surface area is 118 Å². The Morgan fingerprint density at radius 2 is 1.90 bits per heavy atom. The van der Waals surface area contributed by atoms with Crippen LogP contribution in [-0.4, -0.2) is 22.3 Å². The molecule has 8 heteroatoms. The number of aromatic nitrogens is 2. The third-order valence-corrected chi connectivity index (χ3v) is 2.53. The van der Waals surface area contributed by atoms with Crippen LogP contribution in [0.15, 0.2) is 41.2 Å². The number of anilines is 1. The molecule has 2 rings (SSSR count). The van der Waals surface area contributed by atoms with Crippen molar-refractivity contribution in [1.82, 2.24) is 9.78 Å². The van der Waals surface area contributed by atoms with Crippen LogP contribution in [0.4, 0.5) is 14.5 Å². The topological polar surface area (TPSA) is 73.2 Å². The maximum Gasteiger partial charge on any atom is 0.387 e. The maximum absolute atomic E-state index is 12.0. The number of rotatable bonds is 4. The first kappa shape index (κ1) is 14.6. The smallest absolute Gasteiger partial charge is 0.387 e. The van der Waals surface area contributed by atoms with Crippen LogP contribution in [0.2, 0.25) is 0 Å². The molecule has 21 heavy (non-hydrogen) atoms. The number of alkyl halides is 2. The number of nitrogens with zero attached hydrogens (tertiary/aromatic N) is 2. The number of ether oxygens (including phenoxy) is 1. The number of halogens is 2. The van der Waals surface area contributed by atoms with Crippen LogP contribution >= 0.6 is 0 Å². The number of benzene rings is 1. The summed E-state index contributed by atoms with van der Waals surface area (Å²) in [5.41, 5.74) is 0.113. The number of hydrogen-bond donors (Lipinski definition) is 1. The van der Waals surface area contributed by atoms with Gasteiger partial charge in [-0.1, -0.05) is 0 Å². The molecule has 0 bridgehead atoms. The third kappa shape index (κ3) is 3.85. The van der Waals surface area contributed by atoms with Crippen LogP contribution in [0.1, 0.15) is 10.5 Å². The van der Waals surface area contributed by atoms with E-state index >= 15 is 0 Å². The molecule has 0 radical (unpaired) electrons. The molecule has 1 heterocycles. The van der Waals surface area contributed by atoms with Crippen LogP contribution in [0.5, 0.6) is 5.75 Å². The van der Waals surface area contributed by atoms with Gasteiger partial charge >= 0.3 is 6.61 Å². The van der Waals surface area contributed by atoms with Gasteiger partial charge in [-0.2, -0.15) is 13.9 Å². The Kier molecular flexibility index (Phi) is 4.27. The third-order valence-electron chi connectivity index (χ3n) is 2.53. The van der Waals surface area contributed by atoms with Gasteiger partial charge in [0.05, 0.1) is 0 Å². The second-order valence-corrected chi connectivity index (χ2v) is 4.04. The van der Waals surface area contributed by atoms with Crippen molar-refractivity contribution in [2.45, 2.75) is 6.61 Å². The first-order chi connectivity index (χ1) is 9.95. The molecule has 0 aliphatic heterocycles. The fourth-order valence-electron chi connectivity index (χ4n) is 1.54. The lowest BCUT2D eigenvalue weighted by Crippen LogP contribution is -2.23. The van der Waals surface area contributed by atoms with Crippen LogP contribution < -0.4 is 15.6 Å². The lowest BCUT2D eigenvalue weighted by molar-refractivity contribution is -0.0498. The minimum absolute atomic E-state index is 0.0109. The summed E-state index contributed by atoms with van der Waals surface area (Å²) in [6.07, 6.45) is 0. The van der Waals surface area contributed by atoms with E-state index in [0.29, 0.717) is 5.69 Å². The van der Waals surface area contributed by atoms with Gasteiger partial charge in [0, 0.05) is 18.8 Å². The van der Waals surface area contributed by atoms with Gasteiger partial charge < -0.3 is 10.1 Å². The predicted molar refractivity (Wildman–Crippen MR) is 70.5 cm³/mol. The minimum atomic E-state index is -2.90. The van der Waals surface area contributed by atoms with E-state index in [2.05, 4.69) is 15.2 Å². The molecule has 0 spiro atoms. The van der Waals surface area contributed by atoms with E-state index in [-0.39, 0.29) is 17.0 Å². The molecule has 0 fully saturated rings. The summed E-state index contributed by atoms with van der Waals surface area (Å²) in [6, 6.07) is 7.95. The van der Waals surface area contributed by atoms with Crippen molar-refractivity contribution in [3.8, 4) is 5.75 Å². The largest absolute Gasteiger partial charge is 0.435 e. The summed E-state index contributed by atoms with van der Waals surface area (Å²) in [5.74, 6) is -0.531. The molecule has 0 unspecified atom stereocenters. The average Bonchev–Trinajstić information content (AvgIpc) is 2.43. The van der Waals surface area contributed by atoms with E-state index < -0.39 is 12.5 Å². The van der Waals surface area contributed by atoms with Gasteiger partial charge in [0.1, 0.15) is 11.4 Å². The molecule has 0 aliphatic carbocycles. The van der Waals surface area contributed by atoms with Crippen molar-refractivity contribution in [2.75, 3.05) is 5.32 Å². The molecular formula is C13H11F2N3O3. The summed E-state index contributed by atoms with van der Waals surface area (Å²) in [7, 11) is 1.43. The Bertz CT molecular complexity index is 699. The molecule has 0 saturated carbocycles. The van der Waals surface area contributed by atoms with E-state index in [0.717, 1.165) is 4.68 Å². The van der Waals surface area contributed by atoms with Gasteiger partial charge in [-0.3, -0.25) is 9.59 Å². The summed E-state index contributed by atoms with van der Waals surface area (Å²) in [6.45, 7) is -2.90. The molecule has 0 aliphatic rings. The predicted octanol–water partition coefficient (Wildman–Crippen LogP) is 1.63. The molecule has 0 atom stereocenters. The van der Waals surface area contributed by atoms with Crippen LogP contribution in [0, 0.1) is 0 Å². The SMILES string of the molecule is Cn1nc(C(=O)Nc2ccc(OC(F)F)cc2)ccc1=O. The van der Waals surface area contributed by atoms with Crippen molar-refractivity contribution >= 4 is 11.6 Å². The van der Waals surface area contributed by atoms with E-state index in [1.165, 1.54) is 43.4 Å². The normalized spacial score (nSPS) is 10.5. The molecule has 1 amide bonds. The zero-order valence-electron chi connectivity index (χ0n) is 10.9. The van der Waals surface area contributed by atoms with Gasteiger partial charge in [-0.05, 0) is 30.3 Å². The molecule has 1 aromatic heterocycles. The zero-order valence-corrected chi connectivity index (χ0v) is 10.9. The standard InChI is InChI=1S/C13H11F2N3O3/c1-18-11(19)7-6-10(17-18)12(20)16-8-2-4-9(5-3-8)21-13(14)15/h2-7,13H,1H3,(H,16,20). The highest BCUT2D eigenvalue weighted by Crippen LogP contribution is 2.17. The van der Waals surface area contributed by atoms with Gasteiger partial charge in [0.25, 0.3) is 11.5 Å². The molecule has 0 saturated heterocycles. The van der Waals surface area contributed by atoms with Gasteiger partial charge in [0.2, 0.25) is 0 Å². The molecule has 2 aromatic rings. The first-order valence-electron chi connectivity index (χ1n) is 5.86. The molecule has 6 nitrogen and oxygen atoms in total. The first-order valence-corrected chi connectivity index (χ1v) is 5.86. The van der Waals surface area contributed by atoms with Gasteiger partial charge in [-0.25, -0.2) is 4.68 Å². The van der Waals surface area contributed by atoms with E-state index in [4.69, 9.17) is 0 Å². The second kappa shape index (κ2) is 6.12. The highest BCUT2D eigenvalue weighted by molar-refractivity contribution is 6.02. The van der Waals surface area contributed by atoms with Gasteiger partial charge in [-0.15, -0.1) is 0 Å².